The molecule has 0 saturated heterocycles. The molecule has 0 amide bonds. The van der Waals surface area contributed by atoms with Gasteiger partial charge in [0.15, 0.2) is 0 Å². The van der Waals surface area contributed by atoms with E-state index in [1.165, 1.54) is 16.7 Å². The lowest BCUT2D eigenvalue weighted by atomic mass is 9.78. The summed E-state index contributed by atoms with van der Waals surface area (Å²) in [6, 6.07) is 8.74. The highest BCUT2D eigenvalue weighted by atomic mass is 16.5. The normalized spacial score (nSPS) is 12.5. The number of hydrogen-bond acceptors (Lipinski definition) is 1. The Morgan fingerprint density at radius 1 is 0.864 bits per heavy atom. The molecule has 120 valence electrons. The zero-order valence-corrected chi connectivity index (χ0v) is 15.0. The highest BCUT2D eigenvalue weighted by Crippen LogP contribution is 2.40. The van der Waals surface area contributed by atoms with Crippen molar-refractivity contribution < 1.29 is 4.74 Å². The van der Waals surface area contributed by atoms with Gasteiger partial charge in [0.2, 0.25) is 0 Å². The lowest BCUT2D eigenvalue weighted by Gasteiger charge is -2.30. The zero-order valence-electron chi connectivity index (χ0n) is 15.0. The zero-order chi connectivity index (χ0) is 16.5. The van der Waals surface area contributed by atoms with Crippen molar-refractivity contribution in [3.8, 4) is 5.75 Å². The van der Waals surface area contributed by atoms with Gasteiger partial charge in [0.1, 0.15) is 5.75 Å². The third-order valence-electron chi connectivity index (χ3n) is 4.00. The van der Waals surface area contributed by atoms with Crippen LogP contribution in [0.25, 0.3) is 0 Å². The van der Waals surface area contributed by atoms with E-state index in [2.05, 4.69) is 82.8 Å². The van der Waals surface area contributed by atoms with Crippen LogP contribution >= 0.6 is 0 Å². The fourth-order valence-electron chi connectivity index (χ4n) is 2.80. The molecular formula is C20H29NO. The van der Waals surface area contributed by atoms with Gasteiger partial charge in [-0.2, -0.15) is 0 Å². The van der Waals surface area contributed by atoms with Crippen LogP contribution in [-0.2, 0) is 17.4 Å². The summed E-state index contributed by atoms with van der Waals surface area (Å²) in [7, 11) is 1.78. The van der Waals surface area contributed by atoms with Crippen LogP contribution in [0.2, 0.25) is 0 Å². The van der Waals surface area contributed by atoms with Crippen molar-refractivity contribution in [2.75, 3.05) is 7.11 Å². The molecule has 22 heavy (non-hydrogen) atoms. The number of hydrogen-bond donors (Lipinski definition) is 0. The van der Waals surface area contributed by atoms with Gasteiger partial charge in [0.05, 0.1) is 7.11 Å². The first-order valence-corrected chi connectivity index (χ1v) is 7.95. The monoisotopic (exact) mass is 299 g/mol. The fraction of sp³-hybridized carbons (Fsp3) is 0.500. The average Bonchev–Trinajstić information content (AvgIpc) is 2.88. The van der Waals surface area contributed by atoms with Crippen molar-refractivity contribution in [1.82, 2.24) is 4.57 Å². The van der Waals surface area contributed by atoms with Gasteiger partial charge in [-0.25, -0.2) is 0 Å². The smallest absolute Gasteiger partial charge is 0.126 e. The van der Waals surface area contributed by atoms with Crippen LogP contribution in [0, 0.1) is 0 Å². The number of ether oxygens (including phenoxy) is 1. The lowest BCUT2D eigenvalue weighted by molar-refractivity contribution is 0.381. The van der Waals surface area contributed by atoms with Crippen LogP contribution in [0.4, 0.5) is 0 Å². The molecule has 0 aliphatic carbocycles. The Kier molecular flexibility index (Phi) is 4.42. The molecule has 1 aromatic heterocycles. The van der Waals surface area contributed by atoms with Crippen LogP contribution in [0.1, 0.15) is 58.2 Å². The third kappa shape index (κ3) is 3.55. The van der Waals surface area contributed by atoms with E-state index in [-0.39, 0.29) is 10.8 Å². The van der Waals surface area contributed by atoms with Gasteiger partial charge in [0, 0.05) is 30.1 Å². The molecule has 2 rings (SSSR count). The number of nitrogens with zero attached hydrogens (tertiary/aromatic N) is 1. The Hall–Kier alpha value is -1.70. The van der Waals surface area contributed by atoms with Crippen LogP contribution < -0.4 is 4.74 Å². The van der Waals surface area contributed by atoms with E-state index in [4.69, 9.17) is 4.74 Å². The van der Waals surface area contributed by atoms with Gasteiger partial charge in [-0.1, -0.05) is 41.5 Å². The molecule has 0 N–H and O–H groups in total. The molecule has 0 atom stereocenters. The van der Waals surface area contributed by atoms with Crippen LogP contribution in [-0.4, -0.2) is 11.7 Å². The molecule has 0 unspecified atom stereocenters. The quantitative estimate of drug-likeness (QED) is 0.765. The molecule has 0 saturated carbocycles. The number of methoxy groups -OCH3 is 1. The Morgan fingerprint density at radius 3 is 1.68 bits per heavy atom. The molecule has 0 aliphatic heterocycles. The van der Waals surface area contributed by atoms with E-state index in [0.717, 1.165) is 12.3 Å². The molecule has 1 heterocycles. The van der Waals surface area contributed by atoms with E-state index in [1.54, 1.807) is 7.11 Å². The van der Waals surface area contributed by atoms with Gasteiger partial charge in [0.25, 0.3) is 0 Å². The van der Waals surface area contributed by atoms with Gasteiger partial charge < -0.3 is 9.30 Å². The second kappa shape index (κ2) is 5.83. The van der Waals surface area contributed by atoms with E-state index in [1.807, 2.05) is 0 Å². The first-order valence-electron chi connectivity index (χ1n) is 7.95. The Bertz CT molecular complexity index is 590. The molecule has 0 fully saturated rings. The summed E-state index contributed by atoms with van der Waals surface area (Å²) in [5, 5.41) is 0. The molecule has 2 aromatic rings. The van der Waals surface area contributed by atoms with E-state index in [0.29, 0.717) is 0 Å². The molecule has 0 spiro atoms. The number of benzene rings is 1. The molecular weight excluding hydrogens is 270 g/mol. The van der Waals surface area contributed by atoms with Gasteiger partial charge in [-0.3, -0.25) is 0 Å². The maximum absolute atomic E-state index is 5.81. The summed E-state index contributed by atoms with van der Waals surface area (Å²) in [4.78, 5) is 0. The summed E-state index contributed by atoms with van der Waals surface area (Å²) in [6.45, 7) is 14.4. The van der Waals surface area contributed by atoms with E-state index in [9.17, 15) is 0 Å². The summed E-state index contributed by atoms with van der Waals surface area (Å²) < 4.78 is 8.02. The maximum atomic E-state index is 5.81. The highest BCUT2D eigenvalue weighted by Gasteiger charge is 2.27. The SMILES string of the molecule is COc1c(C(C)(C)C)cc(Cn2cccc2)cc1C(C)(C)C. The molecule has 0 radical (unpaired) electrons. The number of aromatic nitrogens is 1. The summed E-state index contributed by atoms with van der Waals surface area (Å²) >= 11 is 0. The second-order valence-electron chi connectivity index (χ2n) is 8.08. The van der Waals surface area contributed by atoms with Crippen LogP contribution in [0.3, 0.4) is 0 Å². The standard InChI is InChI=1S/C20H29NO/c1-19(2,3)16-12-15(14-21-10-8-9-11-21)13-17(18(16)22-7)20(4,5)6/h8-13H,14H2,1-7H3. The Labute approximate surface area is 135 Å². The van der Waals surface area contributed by atoms with Crippen molar-refractivity contribution in [3.63, 3.8) is 0 Å². The van der Waals surface area contributed by atoms with Crippen molar-refractivity contribution in [2.24, 2.45) is 0 Å². The van der Waals surface area contributed by atoms with Gasteiger partial charge in [-0.05, 0) is 40.7 Å². The van der Waals surface area contributed by atoms with E-state index >= 15 is 0 Å². The molecule has 2 heteroatoms. The summed E-state index contributed by atoms with van der Waals surface area (Å²) in [5.74, 6) is 1.04. The lowest BCUT2D eigenvalue weighted by Crippen LogP contribution is -2.20. The molecule has 1 aromatic carbocycles. The molecule has 0 aliphatic rings. The molecule has 0 bridgehead atoms. The largest absolute Gasteiger partial charge is 0.496 e. The first kappa shape index (κ1) is 16.7. The van der Waals surface area contributed by atoms with Crippen LogP contribution in [0.5, 0.6) is 5.75 Å². The van der Waals surface area contributed by atoms with Gasteiger partial charge >= 0.3 is 0 Å². The topological polar surface area (TPSA) is 14.2 Å². The van der Waals surface area contributed by atoms with Crippen molar-refractivity contribution in [1.29, 1.82) is 0 Å². The predicted octanol–water partition coefficient (Wildman–Crippen LogP) is 5.14. The van der Waals surface area contributed by atoms with Crippen molar-refractivity contribution >= 4 is 0 Å². The van der Waals surface area contributed by atoms with Gasteiger partial charge in [-0.15, -0.1) is 0 Å². The van der Waals surface area contributed by atoms with Crippen LogP contribution in [0.15, 0.2) is 36.7 Å². The Morgan fingerprint density at radius 2 is 1.32 bits per heavy atom. The minimum Gasteiger partial charge on any atom is -0.496 e. The average molecular weight is 299 g/mol. The summed E-state index contributed by atoms with van der Waals surface area (Å²) in [6.07, 6.45) is 4.22. The Balaban J connectivity index is 2.61. The predicted molar refractivity (Wildman–Crippen MR) is 93.9 cm³/mol. The third-order valence-corrected chi connectivity index (χ3v) is 4.00. The number of rotatable bonds is 3. The molecule has 2 nitrogen and oxygen atoms in total. The summed E-state index contributed by atoms with van der Waals surface area (Å²) in [5.41, 5.74) is 4.00. The highest BCUT2D eigenvalue weighted by molar-refractivity contribution is 5.50. The van der Waals surface area contributed by atoms with Crippen molar-refractivity contribution in [3.05, 3.63) is 53.3 Å². The minimum atomic E-state index is 0.0536. The van der Waals surface area contributed by atoms with Crippen molar-refractivity contribution in [2.45, 2.75) is 58.9 Å². The van der Waals surface area contributed by atoms with E-state index < -0.39 is 0 Å². The second-order valence-corrected chi connectivity index (χ2v) is 8.08. The maximum Gasteiger partial charge on any atom is 0.126 e. The first-order chi connectivity index (χ1) is 10.1. The minimum absolute atomic E-state index is 0.0536. The fourth-order valence-corrected chi connectivity index (χ4v) is 2.80.